The van der Waals surface area contributed by atoms with E-state index < -0.39 is 17.8 Å². The first-order valence-corrected chi connectivity index (χ1v) is 11.3. The van der Waals surface area contributed by atoms with Crippen molar-refractivity contribution in [3.8, 4) is 17.2 Å². The van der Waals surface area contributed by atoms with E-state index >= 15 is 0 Å². The van der Waals surface area contributed by atoms with Crippen LogP contribution in [0.5, 0.6) is 17.2 Å². The summed E-state index contributed by atoms with van der Waals surface area (Å²) in [7, 11) is 2.81. The van der Waals surface area contributed by atoms with Gasteiger partial charge in [0.25, 0.3) is 5.91 Å². The van der Waals surface area contributed by atoms with Crippen LogP contribution in [0, 0.1) is 0 Å². The number of carbonyl (C=O) groups is 3. The number of carbonyl (C=O) groups excluding carboxylic acids is 3. The number of rotatable bonds is 8. The third-order valence-electron chi connectivity index (χ3n) is 4.65. The topological polar surface area (TPSA) is 114 Å². The molecule has 3 rings (SSSR count). The minimum absolute atomic E-state index is 0.151. The molecule has 0 radical (unpaired) electrons. The number of hydrogen-bond acceptors (Lipinski definition) is 9. The molecule has 178 valence electrons. The van der Waals surface area contributed by atoms with E-state index in [0.29, 0.717) is 21.7 Å². The maximum absolute atomic E-state index is 12.9. The Balaban J connectivity index is 1.69. The van der Waals surface area contributed by atoms with Gasteiger partial charge in [-0.3, -0.25) is 14.5 Å². The maximum atomic E-state index is 12.9. The van der Waals surface area contributed by atoms with Crippen LogP contribution in [0.3, 0.4) is 0 Å². The van der Waals surface area contributed by atoms with Gasteiger partial charge in [-0.25, -0.2) is 4.79 Å². The van der Waals surface area contributed by atoms with Gasteiger partial charge < -0.3 is 24.6 Å². The van der Waals surface area contributed by atoms with Crippen molar-refractivity contribution in [3.63, 3.8) is 0 Å². The van der Waals surface area contributed by atoms with Crippen LogP contribution < -0.4 is 14.8 Å². The van der Waals surface area contributed by atoms with Gasteiger partial charge in [0.05, 0.1) is 31.3 Å². The summed E-state index contributed by atoms with van der Waals surface area (Å²) in [4.78, 5) is 38.6. The Morgan fingerprint density at radius 1 is 1.15 bits per heavy atom. The van der Waals surface area contributed by atoms with Crippen molar-refractivity contribution < 1.29 is 33.7 Å². The smallest absolute Gasteiger partial charge is 0.338 e. The molecule has 2 amide bonds. The number of thiocarbonyl (C=S) groups is 1. The first-order chi connectivity index (χ1) is 16.3. The lowest BCUT2D eigenvalue weighted by Gasteiger charge is -2.14. The minimum atomic E-state index is -0.450. The van der Waals surface area contributed by atoms with Gasteiger partial charge in [-0.05, 0) is 55.0 Å². The van der Waals surface area contributed by atoms with Crippen LogP contribution in [0.25, 0.3) is 6.08 Å². The summed E-state index contributed by atoms with van der Waals surface area (Å²) in [5.74, 6) is -1.10. The molecule has 0 spiro atoms. The summed E-state index contributed by atoms with van der Waals surface area (Å²) >= 11 is 6.35. The molecule has 1 aliphatic rings. The number of phenolic OH excluding ortho intramolecular Hbond substituents is 1. The van der Waals surface area contributed by atoms with Gasteiger partial charge in [0.2, 0.25) is 11.7 Å². The molecule has 2 aromatic carbocycles. The van der Waals surface area contributed by atoms with Gasteiger partial charge in [0.15, 0.2) is 11.5 Å². The number of ether oxygens (including phenoxy) is 3. The Morgan fingerprint density at radius 2 is 1.76 bits per heavy atom. The molecule has 1 saturated heterocycles. The summed E-state index contributed by atoms with van der Waals surface area (Å²) in [6.07, 6.45) is 1.58. The monoisotopic (exact) mass is 502 g/mol. The second kappa shape index (κ2) is 11.0. The average Bonchev–Trinajstić information content (AvgIpc) is 3.07. The van der Waals surface area contributed by atoms with Crippen molar-refractivity contribution >= 4 is 57.8 Å². The summed E-state index contributed by atoms with van der Waals surface area (Å²) in [5.41, 5.74) is 1.38. The van der Waals surface area contributed by atoms with E-state index in [1.807, 2.05) is 0 Å². The molecule has 9 nitrogen and oxygen atoms in total. The Bertz CT molecular complexity index is 1140. The predicted octanol–water partition coefficient (Wildman–Crippen LogP) is 3.43. The van der Waals surface area contributed by atoms with Gasteiger partial charge >= 0.3 is 5.97 Å². The highest BCUT2D eigenvalue weighted by Gasteiger charge is 2.33. The van der Waals surface area contributed by atoms with Gasteiger partial charge in [0.1, 0.15) is 10.9 Å². The van der Waals surface area contributed by atoms with E-state index in [0.717, 1.165) is 11.8 Å². The molecule has 0 aliphatic carbocycles. The van der Waals surface area contributed by atoms with Crippen molar-refractivity contribution in [1.29, 1.82) is 0 Å². The van der Waals surface area contributed by atoms with Crippen molar-refractivity contribution in [2.45, 2.75) is 6.92 Å². The highest BCUT2D eigenvalue weighted by atomic mass is 32.2. The molecule has 1 fully saturated rings. The van der Waals surface area contributed by atoms with E-state index in [4.69, 9.17) is 26.4 Å². The summed E-state index contributed by atoms with van der Waals surface area (Å²) in [6, 6.07) is 9.32. The first kappa shape index (κ1) is 25.1. The SMILES string of the molecule is CCOC(=O)c1ccc(NC(=O)CN2C(=O)/C(=C/c3cc(OC)c(O)c(OC)c3)SC2=S)cc1. The minimum Gasteiger partial charge on any atom is -0.502 e. The average molecular weight is 503 g/mol. The second-order valence-corrected chi connectivity index (χ2v) is 8.56. The molecule has 0 atom stereocenters. The maximum Gasteiger partial charge on any atom is 0.338 e. The molecule has 0 bridgehead atoms. The molecular weight excluding hydrogens is 480 g/mol. The molecule has 34 heavy (non-hydrogen) atoms. The molecule has 11 heteroatoms. The number of nitrogens with one attached hydrogen (secondary N) is 1. The highest BCUT2D eigenvalue weighted by Crippen LogP contribution is 2.39. The van der Waals surface area contributed by atoms with Gasteiger partial charge in [0, 0.05) is 5.69 Å². The van der Waals surface area contributed by atoms with Crippen molar-refractivity contribution in [2.75, 3.05) is 32.7 Å². The fourth-order valence-electron chi connectivity index (χ4n) is 3.03. The second-order valence-electron chi connectivity index (χ2n) is 6.89. The van der Waals surface area contributed by atoms with Gasteiger partial charge in [-0.1, -0.05) is 24.0 Å². The predicted molar refractivity (Wildman–Crippen MR) is 132 cm³/mol. The van der Waals surface area contributed by atoms with Crippen LogP contribution in [0.2, 0.25) is 0 Å². The Hall–Kier alpha value is -3.57. The Labute approximate surface area is 205 Å². The molecule has 2 aromatic rings. The standard InChI is InChI=1S/C23H22N2O7S2/c1-4-32-22(29)14-5-7-15(8-6-14)24-19(26)12-25-21(28)18(34-23(25)33)11-13-9-16(30-2)20(27)17(10-13)31-3/h5-11,27H,4,12H2,1-3H3,(H,24,26)/b18-11-. The highest BCUT2D eigenvalue weighted by molar-refractivity contribution is 8.26. The molecule has 0 unspecified atom stereocenters. The van der Waals surface area contributed by atoms with Gasteiger partial charge in [-0.2, -0.15) is 0 Å². The zero-order valence-corrected chi connectivity index (χ0v) is 20.2. The van der Waals surface area contributed by atoms with E-state index in [1.54, 1.807) is 37.3 Å². The first-order valence-electron chi connectivity index (χ1n) is 10.0. The molecule has 1 heterocycles. The number of phenols is 1. The van der Waals surface area contributed by atoms with Crippen LogP contribution in [-0.4, -0.2) is 59.5 Å². The van der Waals surface area contributed by atoms with Crippen molar-refractivity contribution in [3.05, 3.63) is 52.4 Å². The lowest BCUT2D eigenvalue weighted by molar-refractivity contribution is -0.126. The number of nitrogens with zero attached hydrogens (tertiary/aromatic N) is 1. The van der Waals surface area contributed by atoms with Crippen LogP contribution in [0.4, 0.5) is 5.69 Å². The molecular formula is C23H22N2O7S2. The Morgan fingerprint density at radius 3 is 2.32 bits per heavy atom. The largest absolute Gasteiger partial charge is 0.502 e. The van der Waals surface area contributed by atoms with E-state index in [9.17, 15) is 19.5 Å². The molecule has 2 N–H and O–H groups in total. The Kier molecular flexibility index (Phi) is 8.13. The number of amides is 2. The number of thioether (sulfide) groups is 1. The number of methoxy groups -OCH3 is 2. The third kappa shape index (κ3) is 5.67. The molecule has 1 aliphatic heterocycles. The fraction of sp³-hybridized carbons (Fsp3) is 0.217. The summed E-state index contributed by atoms with van der Waals surface area (Å²) in [5, 5.41) is 12.7. The zero-order valence-electron chi connectivity index (χ0n) is 18.6. The number of aromatic hydroxyl groups is 1. The molecule has 0 saturated carbocycles. The quantitative estimate of drug-likeness (QED) is 0.318. The van der Waals surface area contributed by atoms with Crippen LogP contribution >= 0.6 is 24.0 Å². The number of hydrogen-bond donors (Lipinski definition) is 2. The number of benzene rings is 2. The lowest BCUT2D eigenvalue weighted by atomic mass is 10.1. The van der Waals surface area contributed by atoms with Crippen LogP contribution in [0.15, 0.2) is 41.3 Å². The third-order valence-corrected chi connectivity index (χ3v) is 6.03. The van der Waals surface area contributed by atoms with E-state index in [-0.39, 0.29) is 34.7 Å². The van der Waals surface area contributed by atoms with Crippen molar-refractivity contribution in [1.82, 2.24) is 4.90 Å². The zero-order chi connectivity index (χ0) is 24.8. The lowest BCUT2D eigenvalue weighted by Crippen LogP contribution is -2.36. The van der Waals surface area contributed by atoms with E-state index in [2.05, 4.69) is 5.32 Å². The van der Waals surface area contributed by atoms with Crippen molar-refractivity contribution in [2.24, 2.45) is 0 Å². The summed E-state index contributed by atoms with van der Waals surface area (Å²) in [6.45, 7) is 1.71. The number of esters is 1. The van der Waals surface area contributed by atoms with Crippen LogP contribution in [0.1, 0.15) is 22.8 Å². The van der Waals surface area contributed by atoms with Crippen LogP contribution in [-0.2, 0) is 14.3 Å². The normalized spacial score (nSPS) is 14.3. The summed E-state index contributed by atoms with van der Waals surface area (Å²) < 4.78 is 15.4. The molecule has 0 aromatic heterocycles. The number of anilines is 1. The van der Waals surface area contributed by atoms with E-state index in [1.165, 1.54) is 31.3 Å². The van der Waals surface area contributed by atoms with Gasteiger partial charge in [-0.15, -0.1) is 0 Å². The fourth-order valence-corrected chi connectivity index (χ4v) is 4.29.